The molecule has 1 heterocycles. The van der Waals surface area contributed by atoms with Crippen LogP contribution in [-0.2, 0) is 16.4 Å². The summed E-state index contributed by atoms with van der Waals surface area (Å²) in [4.78, 5) is 0.188. The first-order valence-corrected chi connectivity index (χ1v) is 9.26. The van der Waals surface area contributed by atoms with Crippen LogP contribution >= 0.6 is 0 Å². The van der Waals surface area contributed by atoms with E-state index in [9.17, 15) is 18.9 Å². The Morgan fingerprint density at radius 3 is 2.36 bits per heavy atom. The Balaban J connectivity index is 2.41. The van der Waals surface area contributed by atoms with Crippen molar-refractivity contribution in [3.8, 4) is 12.1 Å². The Morgan fingerprint density at radius 1 is 1.04 bits per heavy atom. The predicted molar refractivity (Wildman–Crippen MR) is 94.4 cm³/mol. The van der Waals surface area contributed by atoms with E-state index in [1.807, 2.05) is 19.1 Å². The normalized spacial score (nSPS) is 11.2. The summed E-state index contributed by atoms with van der Waals surface area (Å²) in [7, 11) is -3.80. The van der Waals surface area contributed by atoms with E-state index in [0.717, 1.165) is 6.42 Å². The van der Waals surface area contributed by atoms with Crippen LogP contribution in [-0.4, -0.2) is 12.4 Å². The van der Waals surface area contributed by atoms with Crippen LogP contribution in [0.4, 0.5) is 0 Å². The number of aryl methyl sites for hydroxylation is 1. The minimum atomic E-state index is -3.80. The summed E-state index contributed by atoms with van der Waals surface area (Å²) in [5.74, 6) is 0. The second-order valence-corrected chi connectivity index (χ2v) is 7.40. The quantitative estimate of drug-likeness (QED) is 0.720. The zero-order valence-corrected chi connectivity index (χ0v) is 14.4. The first-order chi connectivity index (χ1) is 12.0. The Kier molecular flexibility index (Phi) is 4.31. The number of hydrogen-bond donors (Lipinski definition) is 0. The van der Waals surface area contributed by atoms with Crippen LogP contribution in [0.2, 0.25) is 0 Å². The molecule has 0 saturated carbocycles. The number of fused-ring (bicyclic) bond motifs is 1. The van der Waals surface area contributed by atoms with E-state index in [2.05, 4.69) is 0 Å². The number of hydrogen-bond acceptors (Lipinski definition) is 4. The van der Waals surface area contributed by atoms with Gasteiger partial charge in [0.25, 0.3) is 10.0 Å². The van der Waals surface area contributed by atoms with Gasteiger partial charge < -0.3 is 0 Å². The van der Waals surface area contributed by atoms with Crippen LogP contribution in [0.1, 0.15) is 30.2 Å². The lowest BCUT2D eigenvalue weighted by Gasteiger charge is -2.11. The van der Waals surface area contributed by atoms with Crippen LogP contribution in [0.3, 0.4) is 0 Å². The van der Waals surface area contributed by atoms with E-state index < -0.39 is 10.0 Å². The third-order valence-electron chi connectivity index (χ3n) is 4.03. The topological polar surface area (TPSA) is 86.7 Å². The largest absolute Gasteiger partial charge is 0.268 e. The molecule has 0 spiro atoms. The van der Waals surface area contributed by atoms with Crippen molar-refractivity contribution in [3.05, 3.63) is 65.4 Å². The second kappa shape index (κ2) is 6.43. The summed E-state index contributed by atoms with van der Waals surface area (Å²) in [5.41, 5.74) is 1.47. The second-order valence-electron chi connectivity index (χ2n) is 5.61. The third kappa shape index (κ3) is 2.67. The number of rotatable bonds is 4. The van der Waals surface area contributed by atoms with Gasteiger partial charge in [0.05, 0.1) is 21.5 Å². The molecule has 0 fully saturated rings. The summed E-state index contributed by atoms with van der Waals surface area (Å²) in [6.45, 7) is 1.96. The molecule has 0 aliphatic rings. The van der Waals surface area contributed by atoms with Crippen molar-refractivity contribution in [2.24, 2.45) is 0 Å². The van der Waals surface area contributed by atoms with E-state index in [0.29, 0.717) is 23.0 Å². The first kappa shape index (κ1) is 16.8. The molecule has 0 saturated heterocycles. The van der Waals surface area contributed by atoms with Gasteiger partial charge in [0.15, 0.2) is 0 Å². The fourth-order valence-electron chi connectivity index (χ4n) is 2.94. The Bertz CT molecular complexity index is 1130. The fraction of sp³-hybridized carbons (Fsp3) is 0.158. The van der Waals surface area contributed by atoms with Crippen molar-refractivity contribution in [1.29, 1.82) is 10.5 Å². The molecular formula is C19H15N3O2S. The van der Waals surface area contributed by atoms with Gasteiger partial charge in [0.2, 0.25) is 0 Å². The highest BCUT2D eigenvalue weighted by Gasteiger charge is 2.24. The summed E-state index contributed by atoms with van der Waals surface area (Å²) in [6, 6.07) is 17.0. The van der Waals surface area contributed by atoms with Crippen molar-refractivity contribution in [2.75, 3.05) is 0 Å². The highest BCUT2D eigenvalue weighted by Crippen LogP contribution is 2.30. The lowest BCUT2D eigenvalue weighted by Crippen LogP contribution is -2.15. The Labute approximate surface area is 146 Å². The number of nitrogens with zero attached hydrogens (tertiary/aromatic N) is 3. The molecule has 0 aliphatic carbocycles. The van der Waals surface area contributed by atoms with Crippen molar-refractivity contribution < 1.29 is 8.42 Å². The molecule has 6 heteroatoms. The number of aromatic nitrogens is 1. The van der Waals surface area contributed by atoms with Gasteiger partial charge in [-0.1, -0.05) is 31.5 Å². The zero-order valence-electron chi connectivity index (χ0n) is 13.6. The Hall–Kier alpha value is -3.09. The van der Waals surface area contributed by atoms with Gasteiger partial charge in [-0.2, -0.15) is 10.5 Å². The van der Waals surface area contributed by atoms with Crippen molar-refractivity contribution in [2.45, 2.75) is 24.7 Å². The molecule has 0 unspecified atom stereocenters. The lowest BCUT2D eigenvalue weighted by atomic mass is 10.0. The summed E-state index contributed by atoms with van der Waals surface area (Å²) in [5, 5.41) is 19.1. The van der Waals surface area contributed by atoms with Crippen LogP contribution in [0, 0.1) is 22.7 Å². The fourth-order valence-corrected chi connectivity index (χ4v) is 4.52. The molecule has 1 aromatic heterocycles. The van der Waals surface area contributed by atoms with E-state index >= 15 is 0 Å². The average Bonchev–Trinajstić information content (AvgIpc) is 3.00. The minimum Gasteiger partial charge on any atom is -0.238 e. The molecular weight excluding hydrogens is 334 g/mol. The molecule has 25 heavy (non-hydrogen) atoms. The van der Waals surface area contributed by atoms with Gasteiger partial charge in [-0.25, -0.2) is 12.4 Å². The Morgan fingerprint density at radius 2 is 1.76 bits per heavy atom. The monoisotopic (exact) mass is 349 g/mol. The van der Waals surface area contributed by atoms with Gasteiger partial charge >= 0.3 is 0 Å². The highest BCUT2D eigenvalue weighted by atomic mass is 32.2. The van der Waals surface area contributed by atoms with E-state index in [1.54, 1.807) is 42.5 Å². The van der Waals surface area contributed by atoms with Crippen LogP contribution in [0.15, 0.2) is 53.4 Å². The first-order valence-electron chi connectivity index (χ1n) is 7.82. The molecule has 0 amide bonds. The van der Waals surface area contributed by atoms with Crippen molar-refractivity contribution in [1.82, 2.24) is 3.97 Å². The van der Waals surface area contributed by atoms with Crippen LogP contribution in [0.5, 0.6) is 0 Å². The molecule has 3 aromatic rings. The van der Waals surface area contributed by atoms with Crippen LogP contribution < -0.4 is 0 Å². The van der Waals surface area contributed by atoms with Gasteiger partial charge in [-0.3, -0.25) is 0 Å². The molecule has 0 atom stereocenters. The predicted octanol–water partition coefficient (Wildman–Crippen LogP) is 3.57. The van der Waals surface area contributed by atoms with Gasteiger partial charge in [-0.15, -0.1) is 0 Å². The molecule has 3 rings (SSSR count). The van der Waals surface area contributed by atoms with Crippen LogP contribution in [0.25, 0.3) is 10.9 Å². The molecule has 2 aromatic carbocycles. The van der Waals surface area contributed by atoms with E-state index in [4.69, 9.17) is 0 Å². The van der Waals surface area contributed by atoms with Crippen molar-refractivity contribution >= 4 is 20.9 Å². The zero-order chi connectivity index (χ0) is 18.0. The molecule has 0 bridgehead atoms. The van der Waals surface area contributed by atoms with Gasteiger partial charge in [0.1, 0.15) is 12.1 Å². The highest BCUT2D eigenvalue weighted by molar-refractivity contribution is 7.90. The molecule has 124 valence electrons. The lowest BCUT2D eigenvalue weighted by molar-refractivity contribution is 0.586. The summed E-state index contributed by atoms with van der Waals surface area (Å²) < 4.78 is 27.6. The minimum absolute atomic E-state index is 0.188. The molecule has 0 aliphatic heterocycles. The molecule has 0 N–H and O–H groups in total. The summed E-state index contributed by atoms with van der Waals surface area (Å²) in [6.07, 6.45) is 1.31. The maximum atomic E-state index is 13.2. The average molecular weight is 349 g/mol. The smallest absolute Gasteiger partial charge is 0.238 e. The number of nitriles is 2. The SMILES string of the molecule is CCCc1cc2c(C#N)c(C#N)ccc2n1S(=O)(=O)c1ccccc1. The molecule has 5 nitrogen and oxygen atoms in total. The van der Waals surface area contributed by atoms with Gasteiger partial charge in [-0.05, 0) is 36.8 Å². The summed E-state index contributed by atoms with van der Waals surface area (Å²) >= 11 is 0. The van der Waals surface area contributed by atoms with E-state index in [1.165, 1.54) is 10.0 Å². The molecule has 0 radical (unpaired) electrons. The van der Waals surface area contributed by atoms with Crippen molar-refractivity contribution in [3.63, 3.8) is 0 Å². The van der Waals surface area contributed by atoms with Gasteiger partial charge in [0, 0.05) is 11.1 Å². The maximum Gasteiger partial charge on any atom is 0.268 e. The maximum absolute atomic E-state index is 13.2. The van der Waals surface area contributed by atoms with E-state index in [-0.39, 0.29) is 16.0 Å². The standard InChI is InChI=1S/C19H15N3O2S/c1-2-6-15-11-17-18(13-21)14(12-20)9-10-19(17)22(15)25(23,24)16-7-4-3-5-8-16/h3-5,7-11H,2,6H2,1H3. The number of benzene rings is 2. The third-order valence-corrected chi connectivity index (χ3v) is 5.81.